The van der Waals surface area contributed by atoms with E-state index in [-0.39, 0.29) is 5.56 Å². The number of anilines is 1. The van der Waals surface area contributed by atoms with Gasteiger partial charge in [0.25, 0.3) is 0 Å². The molecule has 0 aliphatic carbocycles. The van der Waals surface area contributed by atoms with Crippen LogP contribution in [0.3, 0.4) is 0 Å². The molecule has 0 aliphatic heterocycles. The molecule has 1 aromatic heterocycles. The summed E-state index contributed by atoms with van der Waals surface area (Å²) in [5.74, 6) is 0. The summed E-state index contributed by atoms with van der Waals surface area (Å²) in [5.41, 5.74) is 1.23. The summed E-state index contributed by atoms with van der Waals surface area (Å²) >= 11 is 0. The lowest BCUT2D eigenvalue weighted by molar-refractivity contribution is -0.137. The van der Waals surface area contributed by atoms with E-state index in [1.165, 1.54) is 6.07 Å². The van der Waals surface area contributed by atoms with Gasteiger partial charge in [-0.3, -0.25) is 5.10 Å². The van der Waals surface area contributed by atoms with Gasteiger partial charge in [-0.15, -0.1) is 0 Å². The number of hydrogen-bond donors (Lipinski definition) is 2. The number of benzene rings is 1. The quantitative estimate of drug-likeness (QED) is 0.907. The molecule has 0 fully saturated rings. The molecular formula is C13H11F3N4. The van der Waals surface area contributed by atoms with Crippen molar-refractivity contribution in [1.82, 2.24) is 10.2 Å². The largest absolute Gasteiger partial charge is 0.416 e. The Kier molecular flexibility index (Phi) is 3.66. The first-order valence-corrected chi connectivity index (χ1v) is 5.76. The minimum absolute atomic E-state index is 0.0408. The Morgan fingerprint density at radius 1 is 1.40 bits per heavy atom. The van der Waals surface area contributed by atoms with Gasteiger partial charge in [0.1, 0.15) is 6.07 Å². The van der Waals surface area contributed by atoms with Gasteiger partial charge in [0.2, 0.25) is 0 Å². The lowest BCUT2D eigenvalue weighted by atomic mass is 10.1. The van der Waals surface area contributed by atoms with Crippen LogP contribution in [0.5, 0.6) is 0 Å². The van der Waals surface area contributed by atoms with E-state index in [1.807, 2.05) is 6.92 Å². The molecule has 20 heavy (non-hydrogen) atoms. The Hall–Kier alpha value is -2.49. The van der Waals surface area contributed by atoms with Crippen LogP contribution < -0.4 is 5.32 Å². The number of aryl methyl sites for hydroxylation is 1. The number of nitrogens with zero attached hydrogens (tertiary/aromatic N) is 2. The molecule has 2 rings (SSSR count). The maximum Gasteiger partial charge on any atom is 0.416 e. The summed E-state index contributed by atoms with van der Waals surface area (Å²) in [4.78, 5) is 0. The smallest absolute Gasteiger partial charge is 0.380 e. The van der Waals surface area contributed by atoms with Gasteiger partial charge in [-0.05, 0) is 25.1 Å². The predicted molar refractivity (Wildman–Crippen MR) is 66.8 cm³/mol. The van der Waals surface area contributed by atoms with Crippen molar-refractivity contribution in [3.63, 3.8) is 0 Å². The number of halogens is 3. The molecule has 0 radical (unpaired) electrons. The highest BCUT2D eigenvalue weighted by atomic mass is 19.4. The van der Waals surface area contributed by atoms with Crippen LogP contribution in [0, 0.1) is 18.3 Å². The molecule has 7 heteroatoms. The fourth-order valence-electron chi connectivity index (χ4n) is 1.71. The molecule has 0 bridgehead atoms. The summed E-state index contributed by atoms with van der Waals surface area (Å²) in [5, 5.41) is 18.5. The lowest BCUT2D eigenvalue weighted by Crippen LogP contribution is -2.07. The van der Waals surface area contributed by atoms with E-state index in [4.69, 9.17) is 5.26 Å². The molecule has 2 N–H and O–H groups in total. The van der Waals surface area contributed by atoms with Gasteiger partial charge in [-0.1, -0.05) is 0 Å². The molecule has 1 heterocycles. The second-order valence-corrected chi connectivity index (χ2v) is 4.24. The van der Waals surface area contributed by atoms with Crippen molar-refractivity contribution < 1.29 is 13.2 Å². The topological polar surface area (TPSA) is 64.5 Å². The van der Waals surface area contributed by atoms with E-state index in [1.54, 1.807) is 12.3 Å². The second kappa shape index (κ2) is 5.25. The zero-order valence-electron chi connectivity index (χ0n) is 10.5. The van der Waals surface area contributed by atoms with E-state index in [0.29, 0.717) is 12.2 Å². The van der Waals surface area contributed by atoms with Crippen LogP contribution in [0.1, 0.15) is 22.4 Å². The van der Waals surface area contributed by atoms with Gasteiger partial charge in [0, 0.05) is 17.8 Å². The van der Waals surface area contributed by atoms with Gasteiger partial charge in [0.05, 0.1) is 23.0 Å². The molecule has 4 nitrogen and oxygen atoms in total. The Morgan fingerprint density at radius 3 is 2.70 bits per heavy atom. The maximum absolute atomic E-state index is 12.6. The van der Waals surface area contributed by atoms with Crippen LogP contribution in [0.25, 0.3) is 0 Å². The normalized spacial score (nSPS) is 11.2. The third-order valence-electron chi connectivity index (χ3n) is 2.87. The van der Waals surface area contributed by atoms with Gasteiger partial charge in [-0.2, -0.15) is 23.5 Å². The van der Waals surface area contributed by atoms with Crippen LogP contribution in [0.2, 0.25) is 0 Å². The molecule has 1 aromatic carbocycles. The Bertz CT molecular complexity index is 652. The number of nitrogens with one attached hydrogen (secondary N) is 2. The Labute approximate surface area is 113 Å². The molecular weight excluding hydrogens is 269 g/mol. The molecule has 2 aromatic rings. The SMILES string of the molecule is Cc1[nH]ncc1CNc1ccc(C(F)(F)F)cc1C#N. The van der Waals surface area contributed by atoms with E-state index in [9.17, 15) is 13.2 Å². The van der Waals surface area contributed by atoms with Crippen LogP contribution in [0.15, 0.2) is 24.4 Å². The van der Waals surface area contributed by atoms with Crippen molar-refractivity contribution in [2.24, 2.45) is 0 Å². The first-order valence-electron chi connectivity index (χ1n) is 5.76. The highest BCUT2D eigenvalue weighted by Crippen LogP contribution is 2.31. The molecule has 0 atom stereocenters. The molecule has 0 amide bonds. The summed E-state index contributed by atoms with van der Waals surface area (Å²) in [7, 11) is 0. The zero-order valence-corrected chi connectivity index (χ0v) is 10.5. The van der Waals surface area contributed by atoms with Crippen LogP contribution >= 0.6 is 0 Å². The number of hydrogen-bond acceptors (Lipinski definition) is 3. The van der Waals surface area contributed by atoms with Crippen molar-refractivity contribution in [1.29, 1.82) is 5.26 Å². The van der Waals surface area contributed by atoms with Crippen molar-refractivity contribution in [2.75, 3.05) is 5.32 Å². The van der Waals surface area contributed by atoms with Crippen molar-refractivity contribution in [3.8, 4) is 6.07 Å². The second-order valence-electron chi connectivity index (χ2n) is 4.24. The fraction of sp³-hybridized carbons (Fsp3) is 0.231. The lowest BCUT2D eigenvalue weighted by Gasteiger charge is -2.11. The van der Waals surface area contributed by atoms with Crippen LogP contribution in [-0.4, -0.2) is 10.2 Å². The molecule has 0 saturated heterocycles. The van der Waals surface area contributed by atoms with Gasteiger partial charge in [0.15, 0.2) is 0 Å². The van der Waals surface area contributed by atoms with E-state index in [0.717, 1.165) is 23.4 Å². The molecule has 0 aliphatic rings. The third-order valence-corrected chi connectivity index (χ3v) is 2.87. The van der Waals surface area contributed by atoms with Crippen molar-refractivity contribution in [3.05, 3.63) is 46.8 Å². The Balaban J connectivity index is 2.21. The van der Waals surface area contributed by atoms with Gasteiger partial charge in [-0.25, -0.2) is 0 Å². The standard InChI is InChI=1S/C13H11F3N4/c1-8-10(7-19-20-8)6-18-12-3-2-11(13(14,15)16)4-9(12)5-17/h2-4,7,18H,6H2,1H3,(H,19,20). The first-order chi connectivity index (χ1) is 9.41. The zero-order chi connectivity index (χ0) is 14.8. The highest BCUT2D eigenvalue weighted by Gasteiger charge is 2.31. The van der Waals surface area contributed by atoms with Crippen LogP contribution in [0.4, 0.5) is 18.9 Å². The summed E-state index contributed by atoms with van der Waals surface area (Å²) < 4.78 is 37.7. The summed E-state index contributed by atoms with van der Waals surface area (Å²) in [6, 6.07) is 4.82. The Morgan fingerprint density at radius 2 is 2.15 bits per heavy atom. The number of aromatic nitrogens is 2. The minimum atomic E-state index is -4.45. The van der Waals surface area contributed by atoms with Crippen LogP contribution in [-0.2, 0) is 12.7 Å². The molecule has 0 spiro atoms. The minimum Gasteiger partial charge on any atom is -0.380 e. The molecule has 104 valence electrons. The molecule has 0 unspecified atom stereocenters. The van der Waals surface area contributed by atoms with E-state index >= 15 is 0 Å². The third kappa shape index (κ3) is 2.91. The summed E-state index contributed by atoms with van der Waals surface area (Å²) in [6.45, 7) is 2.21. The first kappa shape index (κ1) is 13.9. The number of aromatic amines is 1. The number of rotatable bonds is 3. The number of nitriles is 1. The van der Waals surface area contributed by atoms with Gasteiger partial charge < -0.3 is 5.32 Å². The summed E-state index contributed by atoms with van der Waals surface area (Å²) in [6.07, 6.45) is -2.83. The van der Waals surface area contributed by atoms with Gasteiger partial charge >= 0.3 is 6.18 Å². The van der Waals surface area contributed by atoms with Crippen molar-refractivity contribution >= 4 is 5.69 Å². The average Bonchev–Trinajstić information content (AvgIpc) is 2.80. The fourth-order valence-corrected chi connectivity index (χ4v) is 1.71. The monoisotopic (exact) mass is 280 g/mol. The number of H-pyrrole nitrogens is 1. The average molecular weight is 280 g/mol. The molecule has 0 saturated carbocycles. The maximum atomic E-state index is 12.6. The van der Waals surface area contributed by atoms with E-state index < -0.39 is 11.7 Å². The highest BCUT2D eigenvalue weighted by molar-refractivity contribution is 5.59. The number of alkyl halides is 3. The predicted octanol–water partition coefficient (Wildman–Crippen LogP) is 3.22. The van der Waals surface area contributed by atoms with E-state index in [2.05, 4.69) is 15.5 Å². The van der Waals surface area contributed by atoms with Crippen molar-refractivity contribution in [2.45, 2.75) is 19.6 Å².